The summed E-state index contributed by atoms with van der Waals surface area (Å²) in [5.41, 5.74) is 0.667. The number of nitrogens with zero attached hydrogens (tertiary/aromatic N) is 2. The van der Waals surface area contributed by atoms with Crippen molar-refractivity contribution in [1.82, 2.24) is 9.80 Å². The fourth-order valence-corrected chi connectivity index (χ4v) is 3.79. The number of amides is 1. The van der Waals surface area contributed by atoms with Crippen LogP contribution in [0.2, 0.25) is 0 Å². The molecule has 116 valence electrons. The lowest BCUT2D eigenvalue weighted by Gasteiger charge is -2.33. The summed E-state index contributed by atoms with van der Waals surface area (Å²) in [6.45, 7) is 5.86. The molecule has 1 aliphatic rings. The summed E-state index contributed by atoms with van der Waals surface area (Å²) in [7, 11) is 0. The van der Waals surface area contributed by atoms with Gasteiger partial charge >= 0.3 is 0 Å². The van der Waals surface area contributed by atoms with Crippen molar-refractivity contribution >= 4 is 17.2 Å². The molecule has 0 radical (unpaired) electrons. The molecule has 0 unspecified atom stereocenters. The van der Waals surface area contributed by atoms with Crippen LogP contribution in [0, 0.1) is 5.82 Å². The zero-order valence-corrected chi connectivity index (χ0v) is 13.4. The van der Waals surface area contributed by atoms with Gasteiger partial charge in [0.2, 0.25) is 5.91 Å². The van der Waals surface area contributed by atoms with E-state index >= 15 is 0 Å². The highest BCUT2D eigenvalue weighted by Crippen LogP contribution is 2.30. The highest BCUT2D eigenvalue weighted by atomic mass is 32.1. The topological polar surface area (TPSA) is 23.6 Å². The van der Waals surface area contributed by atoms with Crippen molar-refractivity contribution in [3.05, 3.63) is 47.1 Å². The van der Waals surface area contributed by atoms with E-state index < -0.39 is 0 Å². The Morgan fingerprint density at radius 3 is 2.55 bits per heavy atom. The average molecular weight is 318 g/mol. The first kappa shape index (κ1) is 15.2. The Balaban J connectivity index is 1.63. The van der Waals surface area contributed by atoms with Crippen molar-refractivity contribution < 1.29 is 9.18 Å². The molecule has 3 rings (SSSR count). The Kier molecular flexibility index (Phi) is 4.55. The largest absolute Gasteiger partial charge is 0.340 e. The second-order valence-electron chi connectivity index (χ2n) is 5.53. The summed E-state index contributed by atoms with van der Waals surface area (Å²) in [6.07, 6.45) is 0. The monoisotopic (exact) mass is 318 g/mol. The molecule has 0 N–H and O–H groups in total. The molecule has 0 aliphatic carbocycles. The summed E-state index contributed by atoms with van der Waals surface area (Å²) in [5.74, 6) is -0.0245. The predicted molar refractivity (Wildman–Crippen MR) is 87.2 cm³/mol. The molecule has 0 atom stereocenters. The van der Waals surface area contributed by atoms with E-state index in [-0.39, 0.29) is 11.7 Å². The molecule has 2 aromatic rings. The molecule has 0 spiro atoms. The van der Waals surface area contributed by atoms with E-state index in [2.05, 4.69) is 11.0 Å². The van der Waals surface area contributed by atoms with E-state index in [1.165, 1.54) is 10.9 Å². The van der Waals surface area contributed by atoms with E-state index in [1.807, 2.05) is 23.1 Å². The standard InChI is InChI=1S/C17H19FN2OS/c1-13(21)20-10-8-19(9-11-20)12-14-6-7-17(22-14)15-4-2-3-5-16(15)18/h2-7H,8-12H2,1H3. The van der Waals surface area contributed by atoms with Crippen molar-refractivity contribution in [2.75, 3.05) is 26.2 Å². The molecular formula is C17H19FN2OS. The van der Waals surface area contributed by atoms with Gasteiger partial charge in [-0.3, -0.25) is 9.69 Å². The maximum Gasteiger partial charge on any atom is 0.219 e. The lowest BCUT2D eigenvalue weighted by molar-refractivity contribution is -0.130. The molecule has 3 nitrogen and oxygen atoms in total. The van der Waals surface area contributed by atoms with Crippen LogP contribution in [-0.4, -0.2) is 41.9 Å². The van der Waals surface area contributed by atoms with Gasteiger partial charge < -0.3 is 4.90 Å². The molecule has 0 saturated carbocycles. The fraction of sp³-hybridized carbons (Fsp3) is 0.353. The Morgan fingerprint density at radius 1 is 1.14 bits per heavy atom. The molecule has 0 bridgehead atoms. The zero-order chi connectivity index (χ0) is 15.5. The zero-order valence-electron chi connectivity index (χ0n) is 12.6. The Morgan fingerprint density at radius 2 is 1.86 bits per heavy atom. The van der Waals surface area contributed by atoms with Crippen LogP contribution in [-0.2, 0) is 11.3 Å². The summed E-state index contributed by atoms with van der Waals surface area (Å²) in [5, 5.41) is 0. The van der Waals surface area contributed by atoms with Crippen LogP contribution in [0.3, 0.4) is 0 Å². The van der Waals surface area contributed by atoms with E-state index in [9.17, 15) is 9.18 Å². The number of piperazine rings is 1. The van der Waals surface area contributed by atoms with Gasteiger partial charge in [0, 0.05) is 55.0 Å². The lowest BCUT2D eigenvalue weighted by Crippen LogP contribution is -2.47. The van der Waals surface area contributed by atoms with Gasteiger partial charge in [0.25, 0.3) is 0 Å². The number of benzene rings is 1. The van der Waals surface area contributed by atoms with E-state index in [0.717, 1.165) is 37.6 Å². The van der Waals surface area contributed by atoms with Gasteiger partial charge in [-0.25, -0.2) is 4.39 Å². The van der Waals surface area contributed by atoms with Gasteiger partial charge in [0.15, 0.2) is 0 Å². The number of carbonyl (C=O) groups is 1. The van der Waals surface area contributed by atoms with Crippen LogP contribution in [0.4, 0.5) is 4.39 Å². The van der Waals surface area contributed by atoms with Crippen molar-refractivity contribution in [2.24, 2.45) is 0 Å². The minimum atomic E-state index is -0.175. The lowest BCUT2D eigenvalue weighted by atomic mass is 10.2. The third kappa shape index (κ3) is 3.36. The van der Waals surface area contributed by atoms with Crippen LogP contribution < -0.4 is 0 Å². The average Bonchev–Trinajstić information content (AvgIpc) is 2.96. The summed E-state index contributed by atoms with van der Waals surface area (Å²) < 4.78 is 13.8. The molecule has 1 aliphatic heterocycles. The van der Waals surface area contributed by atoms with Crippen LogP contribution in [0.15, 0.2) is 36.4 Å². The molecule has 1 fully saturated rings. The fourth-order valence-electron chi connectivity index (χ4n) is 2.71. The molecule has 1 aromatic carbocycles. The van der Waals surface area contributed by atoms with Gasteiger partial charge in [-0.05, 0) is 18.2 Å². The molecule has 1 amide bonds. The number of thiophene rings is 1. The second-order valence-corrected chi connectivity index (χ2v) is 6.70. The number of hydrogen-bond acceptors (Lipinski definition) is 3. The van der Waals surface area contributed by atoms with E-state index in [1.54, 1.807) is 24.3 Å². The number of carbonyl (C=O) groups excluding carboxylic acids is 1. The maximum absolute atomic E-state index is 13.8. The van der Waals surface area contributed by atoms with Crippen molar-refractivity contribution in [3.8, 4) is 10.4 Å². The van der Waals surface area contributed by atoms with E-state index in [4.69, 9.17) is 0 Å². The SMILES string of the molecule is CC(=O)N1CCN(Cc2ccc(-c3ccccc3F)s2)CC1. The third-order valence-corrected chi connectivity index (χ3v) is 5.10. The molecular weight excluding hydrogens is 299 g/mol. The van der Waals surface area contributed by atoms with Gasteiger partial charge in [0.1, 0.15) is 5.82 Å². The van der Waals surface area contributed by atoms with Crippen molar-refractivity contribution in [3.63, 3.8) is 0 Å². The van der Waals surface area contributed by atoms with Crippen LogP contribution in [0.1, 0.15) is 11.8 Å². The van der Waals surface area contributed by atoms with Crippen LogP contribution in [0.5, 0.6) is 0 Å². The van der Waals surface area contributed by atoms with Crippen molar-refractivity contribution in [1.29, 1.82) is 0 Å². The van der Waals surface area contributed by atoms with Crippen LogP contribution in [0.25, 0.3) is 10.4 Å². The summed E-state index contributed by atoms with van der Waals surface area (Å²) in [4.78, 5) is 17.8. The minimum Gasteiger partial charge on any atom is -0.340 e. The molecule has 1 aromatic heterocycles. The molecule has 5 heteroatoms. The first-order valence-electron chi connectivity index (χ1n) is 7.45. The smallest absolute Gasteiger partial charge is 0.219 e. The highest BCUT2D eigenvalue weighted by molar-refractivity contribution is 7.15. The Labute approximate surface area is 134 Å². The Hall–Kier alpha value is -1.72. The van der Waals surface area contributed by atoms with Crippen LogP contribution >= 0.6 is 11.3 Å². The minimum absolute atomic E-state index is 0.151. The molecule has 1 saturated heterocycles. The number of hydrogen-bond donors (Lipinski definition) is 0. The molecule has 22 heavy (non-hydrogen) atoms. The molecule has 2 heterocycles. The number of halogens is 1. The first-order chi connectivity index (χ1) is 10.6. The summed E-state index contributed by atoms with van der Waals surface area (Å²) >= 11 is 1.64. The normalized spacial score (nSPS) is 16.0. The third-order valence-electron chi connectivity index (χ3n) is 4.00. The van der Waals surface area contributed by atoms with Gasteiger partial charge in [0.05, 0.1) is 0 Å². The number of rotatable bonds is 3. The summed E-state index contributed by atoms with van der Waals surface area (Å²) in [6, 6.07) is 10.9. The van der Waals surface area contributed by atoms with Gasteiger partial charge in [-0.15, -0.1) is 11.3 Å². The second kappa shape index (κ2) is 6.58. The van der Waals surface area contributed by atoms with Gasteiger partial charge in [-0.1, -0.05) is 18.2 Å². The van der Waals surface area contributed by atoms with Crippen molar-refractivity contribution in [2.45, 2.75) is 13.5 Å². The maximum atomic E-state index is 13.8. The predicted octanol–water partition coefficient (Wildman–Crippen LogP) is 3.22. The quantitative estimate of drug-likeness (QED) is 0.867. The van der Waals surface area contributed by atoms with Gasteiger partial charge in [-0.2, -0.15) is 0 Å². The highest BCUT2D eigenvalue weighted by Gasteiger charge is 2.19. The Bertz CT molecular complexity index is 662. The van der Waals surface area contributed by atoms with E-state index in [0.29, 0.717) is 5.56 Å². The first-order valence-corrected chi connectivity index (χ1v) is 8.26.